The number of anilines is 2. The number of rotatable bonds is 9. The second-order valence-corrected chi connectivity index (χ2v) is 8.87. The summed E-state index contributed by atoms with van der Waals surface area (Å²) in [6.07, 6.45) is -0.347. The van der Waals surface area contributed by atoms with Crippen molar-refractivity contribution in [2.24, 2.45) is 0 Å². The lowest BCUT2D eigenvalue weighted by Crippen LogP contribution is -2.19. The van der Waals surface area contributed by atoms with Crippen LogP contribution in [-0.4, -0.2) is 22.9 Å². The van der Waals surface area contributed by atoms with Gasteiger partial charge >= 0.3 is 5.97 Å². The first-order valence-corrected chi connectivity index (χ1v) is 11.5. The quantitative estimate of drug-likeness (QED) is 0.329. The average molecular weight is 483 g/mol. The van der Waals surface area contributed by atoms with Gasteiger partial charge in [0.25, 0.3) is 0 Å². The van der Waals surface area contributed by atoms with Crippen LogP contribution in [0.2, 0.25) is 5.02 Å². The van der Waals surface area contributed by atoms with E-state index in [-0.39, 0.29) is 24.7 Å². The summed E-state index contributed by atoms with van der Waals surface area (Å²) in [5, 5.41) is 14.4. The smallest absolute Gasteiger partial charge is 0.303 e. The van der Waals surface area contributed by atoms with Gasteiger partial charge in [0.05, 0.1) is 6.42 Å². The predicted octanol–water partition coefficient (Wildman–Crippen LogP) is 5.92. The van der Waals surface area contributed by atoms with Crippen molar-refractivity contribution >= 4 is 52.5 Å². The van der Waals surface area contributed by atoms with E-state index < -0.39 is 11.2 Å². The van der Waals surface area contributed by atoms with Crippen molar-refractivity contribution in [2.75, 3.05) is 10.6 Å². The van der Waals surface area contributed by atoms with Gasteiger partial charge in [-0.2, -0.15) is 0 Å². The number of carboxylic acids is 1. The molecule has 8 heteroatoms. The van der Waals surface area contributed by atoms with Crippen LogP contribution < -0.4 is 10.6 Å². The molecule has 0 saturated heterocycles. The molecule has 0 aliphatic rings. The fourth-order valence-electron chi connectivity index (χ4n) is 3.07. The second-order valence-electron chi connectivity index (χ2n) is 7.28. The van der Waals surface area contributed by atoms with Crippen LogP contribution in [0, 0.1) is 6.92 Å². The summed E-state index contributed by atoms with van der Waals surface area (Å²) in [7, 11) is 0. The van der Waals surface area contributed by atoms with Gasteiger partial charge in [0.1, 0.15) is 5.25 Å². The fraction of sp³-hybridized carbons (Fsp3) is 0.160. The Hall–Kier alpha value is -3.29. The summed E-state index contributed by atoms with van der Waals surface area (Å²) in [4.78, 5) is 36.7. The number of aliphatic carboxylic acids is 1. The first kappa shape index (κ1) is 24.4. The van der Waals surface area contributed by atoms with Gasteiger partial charge in [-0.1, -0.05) is 54.1 Å². The van der Waals surface area contributed by atoms with Crippen molar-refractivity contribution in [1.29, 1.82) is 0 Å². The third kappa shape index (κ3) is 7.10. The molecule has 0 fully saturated rings. The lowest BCUT2D eigenvalue weighted by molar-refractivity contribution is -0.138. The zero-order chi connectivity index (χ0) is 23.8. The molecule has 6 nitrogen and oxygen atoms in total. The first-order chi connectivity index (χ1) is 15.8. The molecular weight excluding hydrogens is 460 g/mol. The summed E-state index contributed by atoms with van der Waals surface area (Å²) in [6, 6.07) is 21.9. The molecule has 0 radical (unpaired) electrons. The van der Waals surface area contributed by atoms with E-state index in [1.165, 1.54) is 11.8 Å². The maximum Gasteiger partial charge on any atom is 0.303 e. The number of halogens is 1. The highest BCUT2D eigenvalue weighted by molar-refractivity contribution is 8.00. The Labute approximate surface area is 201 Å². The molecule has 1 unspecified atom stereocenters. The van der Waals surface area contributed by atoms with Crippen LogP contribution in [0.5, 0.6) is 0 Å². The Kier molecular flexibility index (Phi) is 8.52. The van der Waals surface area contributed by atoms with E-state index in [0.717, 1.165) is 16.0 Å². The summed E-state index contributed by atoms with van der Waals surface area (Å²) in [5.41, 5.74) is 2.80. The van der Waals surface area contributed by atoms with Gasteiger partial charge in [0, 0.05) is 27.7 Å². The molecule has 0 heterocycles. The second kappa shape index (κ2) is 11.5. The summed E-state index contributed by atoms with van der Waals surface area (Å²) in [5.74, 6) is -1.61. The predicted molar refractivity (Wildman–Crippen MR) is 132 cm³/mol. The van der Waals surface area contributed by atoms with Gasteiger partial charge < -0.3 is 15.7 Å². The lowest BCUT2D eigenvalue weighted by Gasteiger charge is -2.19. The normalized spacial score (nSPS) is 11.5. The fourth-order valence-corrected chi connectivity index (χ4v) is 4.33. The number of benzene rings is 3. The van der Waals surface area contributed by atoms with E-state index in [4.69, 9.17) is 16.7 Å². The van der Waals surface area contributed by atoms with E-state index >= 15 is 0 Å². The molecule has 2 amide bonds. The van der Waals surface area contributed by atoms with Crippen molar-refractivity contribution in [3.05, 3.63) is 88.9 Å². The van der Waals surface area contributed by atoms with E-state index in [1.54, 1.807) is 36.4 Å². The van der Waals surface area contributed by atoms with Crippen molar-refractivity contribution in [3.8, 4) is 0 Å². The van der Waals surface area contributed by atoms with Gasteiger partial charge in [0.2, 0.25) is 11.8 Å². The summed E-state index contributed by atoms with van der Waals surface area (Å²) < 4.78 is 0. The maximum atomic E-state index is 13.3. The average Bonchev–Trinajstić information content (AvgIpc) is 2.80. The Morgan fingerprint density at radius 2 is 1.67 bits per heavy atom. The topological polar surface area (TPSA) is 95.5 Å². The van der Waals surface area contributed by atoms with Crippen LogP contribution in [0.15, 0.2) is 77.7 Å². The van der Waals surface area contributed by atoms with E-state index in [9.17, 15) is 14.4 Å². The number of carbonyl (C=O) groups is 3. The van der Waals surface area contributed by atoms with Crippen LogP contribution >= 0.6 is 23.4 Å². The minimum absolute atomic E-state index is 0.110. The summed E-state index contributed by atoms with van der Waals surface area (Å²) in [6.45, 7) is 1.85. The van der Waals surface area contributed by atoms with Crippen LogP contribution in [-0.2, 0) is 14.4 Å². The standard InChI is InChI=1S/C25H23ClN2O4S/c1-16-20(26)11-6-12-21(16)28-25(32)24(17-7-3-2-4-8-17)33-19-10-5-9-18(15-19)27-22(29)13-14-23(30)31/h2-12,15,24H,13-14H2,1H3,(H,27,29)(H,28,32)(H,30,31). The third-order valence-corrected chi connectivity index (χ3v) is 6.46. The highest BCUT2D eigenvalue weighted by atomic mass is 35.5. The largest absolute Gasteiger partial charge is 0.481 e. The molecule has 33 heavy (non-hydrogen) atoms. The Morgan fingerprint density at radius 1 is 0.939 bits per heavy atom. The molecular formula is C25H23ClN2O4S. The Bertz CT molecular complexity index is 1150. The molecule has 0 bridgehead atoms. The molecule has 3 aromatic rings. The molecule has 0 saturated carbocycles. The van der Waals surface area contributed by atoms with Gasteiger partial charge in [-0.05, 0) is 48.4 Å². The number of hydrogen-bond acceptors (Lipinski definition) is 4. The van der Waals surface area contributed by atoms with Crippen molar-refractivity contribution in [2.45, 2.75) is 29.9 Å². The molecule has 3 rings (SSSR count). The number of nitrogens with one attached hydrogen (secondary N) is 2. The maximum absolute atomic E-state index is 13.3. The minimum atomic E-state index is -1.03. The zero-order valence-electron chi connectivity index (χ0n) is 17.9. The van der Waals surface area contributed by atoms with Crippen molar-refractivity contribution < 1.29 is 19.5 Å². The van der Waals surface area contributed by atoms with Crippen LogP contribution in [0.25, 0.3) is 0 Å². The molecule has 170 valence electrons. The van der Waals surface area contributed by atoms with E-state index in [2.05, 4.69) is 10.6 Å². The third-order valence-electron chi connectivity index (χ3n) is 4.80. The SMILES string of the molecule is Cc1c(Cl)cccc1NC(=O)C(Sc1cccc(NC(=O)CCC(=O)O)c1)c1ccccc1. The molecule has 3 N–H and O–H groups in total. The molecule has 0 aliphatic heterocycles. The molecule has 1 atom stereocenters. The highest BCUT2D eigenvalue weighted by Gasteiger charge is 2.23. The van der Waals surface area contributed by atoms with Gasteiger partial charge in [-0.3, -0.25) is 14.4 Å². The molecule has 0 aliphatic carbocycles. The Morgan fingerprint density at radius 3 is 2.39 bits per heavy atom. The monoisotopic (exact) mass is 482 g/mol. The zero-order valence-corrected chi connectivity index (χ0v) is 19.5. The molecule has 0 aromatic heterocycles. The van der Waals surface area contributed by atoms with Gasteiger partial charge in [-0.15, -0.1) is 11.8 Å². The number of carbonyl (C=O) groups excluding carboxylic acids is 2. The van der Waals surface area contributed by atoms with Crippen LogP contribution in [0.3, 0.4) is 0 Å². The number of carboxylic acid groups (broad SMARTS) is 1. The molecule has 0 spiro atoms. The number of hydrogen-bond donors (Lipinski definition) is 3. The minimum Gasteiger partial charge on any atom is -0.481 e. The van der Waals surface area contributed by atoms with Gasteiger partial charge in [0.15, 0.2) is 0 Å². The van der Waals surface area contributed by atoms with Crippen molar-refractivity contribution in [1.82, 2.24) is 0 Å². The summed E-state index contributed by atoms with van der Waals surface area (Å²) >= 11 is 7.55. The van der Waals surface area contributed by atoms with Crippen LogP contribution in [0.1, 0.15) is 29.2 Å². The number of amides is 2. The van der Waals surface area contributed by atoms with Gasteiger partial charge in [-0.25, -0.2) is 0 Å². The van der Waals surface area contributed by atoms with E-state index in [0.29, 0.717) is 16.4 Å². The van der Waals surface area contributed by atoms with E-state index in [1.807, 2.05) is 43.3 Å². The molecule has 3 aromatic carbocycles. The van der Waals surface area contributed by atoms with Crippen molar-refractivity contribution in [3.63, 3.8) is 0 Å². The lowest BCUT2D eigenvalue weighted by atomic mass is 10.1. The highest BCUT2D eigenvalue weighted by Crippen LogP contribution is 2.37. The number of thioether (sulfide) groups is 1. The van der Waals surface area contributed by atoms with Crippen LogP contribution in [0.4, 0.5) is 11.4 Å². The first-order valence-electron chi connectivity index (χ1n) is 10.2. The Balaban J connectivity index is 1.80.